The Balaban J connectivity index is 1.64. The van der Waals surface area contributed by atoms with Crippen LogP contribution in [0, 0.1) is 28.6 Å². The number of ketones is 1. The van der Waals surface area contributed by atoms with Gasteiger partial charge in [-0.15, -0.1) is 0 Å². The number of hydrogen-bond acceptors (Lipinski definition) is 4. The molecule has 4 aliphatic rings. The van der Waals surface area contributed by atoms with Crippen LogP contribution >= 0.6 is 7.14 Å². The summed E-state index contributed by atoms with van der Waals surface area (Å²) in [6.45, 7) is 5.81. The molecule has 174 valence electrons. The van der Waals surface area contributed by atoms with E-state index in [1.165, 1.54) is 22.3 Å². The molecule has 1 aromatic rings. The highest BCUT2D eigenvalue weighted by molar-refractivity contribution is 7.70. The maximum Gasteiger partial charge on any atom is 0.137 e. The van der Waals surface area contributed by atoms with E-state index in [1.807, 2.05) is 12.1 Å². The fourth-order valence-electron chi connectivity index (χ4n) is 7.48. The Labute approximate surface area is 197 Å². The molecule has 0 aliphatic heterocycles. The first-order chi connectivity index (χ1) is 15.6. The predicted octanol–water partition coefficient (Wildman–Crippen LogP) is 5.48. The van der Waals surface area contributed by atoms with E-state index in [4.69, 9.17) is 0 Å². The summed E-state index contributed by atoms with van der Waals surface area (Å²) in [6, 6.07) is 10.5. The van der Waals surface area contributed by atoms with Crippen LogP contribution in [0.3, 0.4) is 0 Å². The fraction of sp³-hybridized carbons (Fsp3) is 0.571. The predicted molar refractivity (Wildman–Crippen MR) is 131 cm³/mol. The summed E-state index contributed by atoms with van der Waals surface area (Å²) >= 11 is 0. The van der Waals surface area contributed by atoms with Gasteiger partial charge in [0.2, 0.25) is 0 Å². The Morgan fingerprint density at radius 2 is 1.94 bits per heavy atom. The Hall–Kier alpha value is -1.95. The Bertz CT molecular complexity index is 1150. The molecular weight excluding hydrogens is 429 g/mol. The number of benzene rings is 1. The molecule has 4 nitrogen and oxygen atoms in total. The summed E-state index contributed by atoms with van der Waals surface area (Å²) in [7, 11) is -2.33. The molecule has 0 saturated heterocycles. The first-order valence-electron chi connectivity index (χ1n) is 12.3. The molecule has 0 spiro atoms. The third-order valence-corrected chi connectivity index (χ3v) is 10.9. The van der Waals surface area contributed by atoms with Gasteiger partial charge in [-0.2, -0.15) is 5.26 Å². The highest BCUT2D eigenvalue weighted by Gasteiger charge is 2.62. The average Bonchev–Trinajstić information content (AvgIpc) is 3.03. The van der Waals surface area contributed by atoms with Gasteiger partial charge in [0.15, 0.2) is 0 Å². The number of rotatable bonds is 3. The molecule has 5 heteroatoms. The van der Waals surface area contributed by atoms with E-state index in [9.17, 15) is 19.7 Å². The van der Waals surface area contributed by atoms with E-state index in [-0.39, 0.29) is 17.8 Å². The maximum absolute atomic E-state index is 12.6. The van der Waals surface area contributed by atoms with Gasteiger partial charge in [0.1, 0.15) is 12.9 Å². The summed E-state index contributed by atoms with van der Waals surface area (Å²) in [4.78, 5) is 12.2. The van der Waals surface area contributed by atoms with Crippen molar-refractivity contribution < 1.29 is 14.5 Å². The molecule has 1 N–H and O–H groups in total. The van der Waals surface area contributed by atoms with Gasteiger partial charge in [-0.05, 0) is 74.0 Å². The largest absolute Gasteiger partial charge is 0.388 e. The van der Waals surface area contributed by atoms with Gasteiger partial charge in [-0.1, -0.05) is 42.8 Å². The number of fused-ring (bicyclic) bond motifs is 4. The lowest BCUT2D eigenvalue weighted by molar-refractivity contribution is -0.118. The highest BCUT2D eigenvalue weighted by atomic mass is 31.2. The second kappa shape index (κ2) is 7.79. The van der Waals surface area contributed by atoms with E-state index in [0.29, 0.717) is 36.9 Å². The van der Waals surface area contributed by atoms with Crippen LogP contribution in [0.25, 0.3) is 0 Å². The minimum Gasteiger partial charge on any atom is -0.388 e. The van der Waals surface area contributed by atoms with Crippen LogP contribution in [0.15, 0.2) is 47.1 Å². The first-order valence-corrected chi connectivity index (χ1v) is 14.9. The lowest BCUT2D eigenvalue weighted by atomic mass is 9.51. The first kappa shape index (κ1) is 22.8. The molecule has 4 aliphatic carbocycles. The number of carbonyl (C=O) groups is 1. The highest BCUT2D eigenvalue weighted by Crippen LogP contribution is 2.67. The molecule has 3 saturated carbocycles. The van der Waals surface area contributed by atoms with Crippen molar-refractivity contribution in [2.75, 3.05) is 13.3 Å². The SMILES string of the molecule is C[C@]12C[C@H](c3ccc(P(C)(C)=O)cc3)C3=C4CCC(=O)CC4=CC[C@H]3[C@@H]1CC[C@@]2(O)CC#N. The maximum atomic E-state index is 12.6. The van der Waals surface area contributed by atoms with Crippen LogP contribution in [0.4, 0.5) is 0 Å². The molecule has 5 atom stereocenters. The molecule has 0 aromatic heterocycles. The topological polar surface area (TPSA) is 78.2 Å². The summed E-state index contributed by atoms with van der Waals surface area (Å²) < 4.78 is 12.6. The Morgan fingerprint density at radius 3 is 2.61 bits per heavy atom. The summed E-state index contributed by atoms with van der Waals surface area (Å²) in [5.74, 6) is 1.16. The number of hydrogen-bond donors (Lipinski definition) is 1. The van der Waals surface area contributed by atoms with Crippen molar-refractivity contribution in [3.05, 3.63) is 52.6 Å². The molecule has 0 bridgehead atoms. The lowest BCUT2D eigenvalue weighted by Gasteiger charge is -2.54. The fourth-order valence-corrected chi connectivity index (χ4v) is 8.34. The Kier molecular flexibility index (Phi) is 5.39. The number of carbonyl (C=O) groups excluding carboxylic acids is 1. The zero-order valence-electron chi connectivity index (χ0n) is 19.9. The van der Waals surface area contributed by atoms with Gasteiger partial charge in [0.05, 0.1) is 18.1 Å². The minimum atomic E-state index is -2.33. The van der Waals surface area contributed by atoms with Crippen LogP contribution in [0.5, 0.6) is 0 Å². The van der Waals surface area contributed by atoms with E-state index in [0.717, 1.165) is 31.0 Å². The van der Waals surface area contributed by atoms with Crippen molar-refractivity contribution in [2.45, 2.75) is 69.8 Å². The minimum absolute atomic E-state index is 0.147. The molecule has 0 unspecified atom stereocenters. The molecule has 0 radical (unpaired) electrons. The number of allylic oxidation sites excluding steroid dienone is 4. The molecule has 0 amide bonds. The summed E-state index contributed by atoms with van der Waals surface area (Å²) in [5, 5.41) is 22.1. The van der Waals surface area contributed by atoms with Gasteiger partial charge in [0.25, 0.3) is 0 Å². The lowest BCUT2D eigenvalue weighted by Crippen LogP contribution is -2.51. The van der Waals surface area contributed by atoms with Gasteiger partial charge >= 0.3 is 0 Å². The van der Waals surface area contributed by atoms with Crippen molar-refractivity contribution in [3.63, 3.8) is 0 Å². The number of nitriles is 1. The second-order valence-electron chi connectivity index (χ2n) is 11.3. The summed E-state index contributed by atoms with van der Waals surface area (Å²) in [6.07, 6.45) is 7.79. The standard InChI is InChI=1S/C28H34NO3P/c1-27-17-24(18-4-8-21(9-5-18)33(2,3)32)26-22-11-7-20(30)16-19(22)6-10-23(26)25(27)12-13-28(27,31)14-15-29/h4-6,8-9,23-25,31H,7,10-14,16-17H2,1-3H3/t23-,24+,25-,27-,28+/m0/s1. The van der Waals surface area contributed by atoms with Gasteiger partial charge in [0, 0.05) is 29.5 Å². The third-order valence-electron chi connectivity index (χ3n) is 9.32. The molecule has 0 heterocycles. The molecule has 5 rings (SSSR count). The number of Topliss-reactive ketones (excluding diaryl/α,β-unsaturated/α-hetero) is 1. The van der Waals surface area contributed by atoms with Crippen LogP contribution in [0.1, 0.15) is 69.8 Å². The molecule has 3 fully saturated rings. The van der Waals surface area contributed by atoms with E-state index in [2.05, 4.69) is 31.2 Å². The van der Waals surface area contributed by atoms with Crippen LogP contribution in [-0.2, 0) is 9.36 Å². The molecule has 33 heavy (non-hydrogen) atoms. The summed E-state index contributed by atoms with van der Waals surface area (Å²) in [5.41, 5.74) is 3.99. The van der Waals surface area contributed by atoms with Gasteiger partial charge in [-0.25, -0.2) is 0 Å². The Morgan fingerprint density at radius 1 is 1.21 bits per heavy atom. The molecular formula is C28H34NO3P. The number of nitrogens with zero attached hydrogens (tertiary/aromatic N) is 1. The zero-order chi connectivity index (χ0) is 23.6. The van der Waals surface area contributed by atoms with Crippen molar-refractivity contribution in [1.29, 1.82) is 5.26 Å². The van der Waals surface area contributed by atoms with E-state index >= 15 is 0 Å². The number of aliphatic hydroxyl groups is 1. The third kappa shape index (κ3) is 3.51. The second-order valence-corrected chi connectivity index (χ2v) is 14.6. The smallest absolute Gasteiger partial charge is 0.137 e. The monoisotopic (exact) mass is 463 g/mol. The average molecular weight is 464 g/mol. The van der Waals surface area contributed by atoms with E-state index in [1.54, 1.807) is 13.3 Å². The quantitative estimate of drug-likeness (QED) is 0.602. The van der Waals surface area contributed by atoms with Gasteiger partial charge in [-0.3, -0.25) is 4.79 Å². The van der Waals surface area contributed by atoms with Crippen molar-refractivity contribution in [1.82, 2.24) is 0 Å². The van der Waals surface area contributed by atoms with Crippen LogP contribution < -0.4 is 5.30 Å². The zero-order valence-corrected chi connectivity index (χ0v) is 20.8. The molecule has 1 aromatic carbocycles. The van der Waals surface area contributed by atoms with Gasteiger partial charge < -0.3 is 9.67 Å². The van der Waals surface area contributed by atoms with Crippen molar-refractivity contribution in [3.8, 4) is 6.07 Å². The normalized spacial score (nSPS) is 35.9. The van der Waals surface area contributed by atoms with Crippen molar-refractivity contribution >= 4 is 18.2 Å². The van der Waals surface area contributed by atoms with Crippen molar-refractivity contribution in [2.24, 2.45) is 17.3 Å². The van der Waals surface area contributed by atoms with E-state index < -0.39 is 12.7 Å². The van der Waals surface area contributed by atoms with Crippen LogP contribution in [0.2, 0.25) is 0 Å². The van der Waals surface area contributed by atoms with Crippen LogP contribution in [-0.4, -0.2) is 29.8 Å².